The average Bonchev–Trinajstić information content (AvgIpc) is 3.80. The lowest BCUT2D eigenvalue weighted by Crippen LogP contribution is -2.71. The molecule has 2 aromatic carbocycles. The van der Waals surface area contributed by atoms with Crippen LogP contribution in [0.15, 0.2) is 60.2 Å². The number of hydrogen-bond donors (Lipinski definition) is 1. The van der Waals surface area contributed by atoms with E-state index < -0.39 is 5.92 Å². The van der Waals surface area contributed by atoms with Crippen LogP contribution in [0, 0.1) is 29.6 Å². The number of benzene rings is 2. The van der Waals surface area contributed by atoms with Gasteiger partial charge >= 0.3 is 5.97 Å². The lowest BCUT2D eigenvalue weighted by atomic mass is 9.54. The van der Waals surface area contributed by atoms with Gasteiger partial charge in [0, 0.05) is 71.3 Å². The highest BCUT2D eigenvalue weighted by Crippen LogP contribution is 2.65. The first kappa shape index (κ1) is 28.8. The fourth-order valence-electron chi connectivity index (χ4n) is 12.5. The number of carbonyl (C=O) groups excluding carboxylic acids is 1. The summed E-state index contributed by atoms with van der Waals surface area (Å²) in [5.41, 5.74) is 8.28. The van der Waals surface area contributed by atoms with E-state index in [1.807, 2.05) is 0 Å². The highest BCUT2D eigenvalue weighted by molar-refractivity contribution is 5.85. The fraction of sp³-hybridized carbons (Fsp3) is 0.575. The van der Waals surface area contributed by atoms with Crippen LogP contribution in [0.4, 0.5) is 5.69 Å². The monoisotopic (exact) mass is 632 g/mol. The molecule has 1 aromatic heterocycles. The van der Waals surface area contributed by atoms with Crippen molar-refractivity contribution in [3.8, 4) is 0 Å². The van der Waals surface area contributed by atoms with E-state index in [2.05, 4.69) is 88.1 Å². The predicted octanol–water partition coefficient (Wildman–Crippen LogP) is 6.06. The number of aromatic amines is 1. The van der Waals surface area contributed by atoms with Crippen LogP contribution in [0.25, 0.3) is 10.9 Å². The minimum Gasteiger partial charge on any atom is -0.469 e. The van der Waals surface area contributed by atoms with Gasteiger partial charge in [-0.1, -0.05) is 61.4 Å². The van der Waals surface area contributed by atoms with E-state index in [9.17, 15) is 4.79 Å². The Morgan fingerprint density at radius 3 is 2.81 bits per heavy atom. The van der Waals surface area contributed by atoms with Crippen molar-refractivity contribution in [1.82, 2.24) is 14.8 Å². The predicted molar refractivity (Wildman–Crippen MR) is 183 cm³/mol. The first-order valence-electron chi connectivity index (χ1n) is 18.4. The van der Waals surface area contributed by atoms with Crippen molar-refractivity contribution in [3.63, 3.8) is 0 Å². The van der Waals surface area contributed by atoms with Crippen molar-refractivity contribution in [3.05, 3.63) is 77.0 Å². The molecule has 2 bridgehead atoms. The van der Waals surface area contributed by atoms with Crippen LogP contribution in [0.3, 0.4) is 0 Å². The summed E-state index contributed by atoms with van der Waals surface area (Å²) in [5.74, 6) is 1.35. The van der Waals surface area contributed by atoms with Gasteiger partial charge in [0.05, 0.1) is 19.8 Å². The van der Waals surface area contributed by atoms with Crippen LogP contribution in [-0.2, 0) is 26.1 Å². The zero-order chi connectivity index (χ0) is 31.6. The molecule has 7 unspecified atom stereocenters. The highest BCUT2D eigenvalue weighted by atomic mass is 16.5. The number of piperidine rings is 2. The molecule has 3 aromatic rings. The third kappa shape index (κ3) is 3.71. The van der Waals surface area contributed by atoms with Gasteiger partial charge in [-0.05, 0) is 74.2 Å². The Bertz CT molecular complexity index is 1780. The molecule has 10 atom stereocenters. The molecule has 7 heteroatoms. The summed E-state index contributed by atoms with van der Waals surface area (Å²) in [6.07, 6.45) is 7.58. The van der Waals surface area contributed by atoms with E-state index in [0.717, 1.165) is 32.5 Å². The van der Waals surface area contributed by atoms with Crippen molar-refractivity contribution in [2.24, 2.45) is 29.6 Å². The molecule has 1 N–H and O–H groups in total. The number of methoxy groups -OCH3 is 1. The normalized spacial score (nSPS) is 38.5. The Kier molecular flexibility index (Phi) is 6.40. The van der Waals surface area contributed by atoms with Gasteiger partial charge in [0.25, 0.3) is 0 Å². The number of nitrogens with one attached hydrogen (secondary N) is 1. The number of nitrogens with zero attached hydrogens (tertiary/aromatic N) is 3. The number of anilines is 1. The standard InChI is InChI=1S/C40H48N4O3/c1-4-23-21-43-17-15-40-30-11-7-9-13-32(30)44-37(40)29(27(23)19-34(40)43)22-47-38(44)35(39(45)46-3)28-18-33-36-26(14-16-42(33)20-24(28)5-2)25-10-6-8-12-31(25)41-36/h5-13,23,27-29,33-35,37-38,41H,4,14-22H2,1-3H3/b24-5+/t23-,27?,28?,29+,33?,34?,35?,37?,38?,40-/m1/s1. The second kappa shape index (κ2) is 10.4. The van der Waals surface area contributed by atoms with Gasteiger partial charge in [0.2, 0.25) is 0 Å². The number of rotatable bonds is 4. The summed E-state index contributed by atoms with van der Waals surface area (Å²) < 4.78 is 12.9. The van der Waals surface area contributed by atoms with Crippen molar-refractivity contribution in [2.75, 3.05) is 44.8 Å². The van der Waals surface area contributed by atoms with Gasteiger partial charge in [0.15, 0.2) is 0 Å². The van der Waals surface area contributed by atoms with E-state index in [0.29, 0.717) is 29.8 Å². The smallest absolute Gasteiger partial charge is 0.313 e. The molecular weight excluding hydrogens is 584 g/mol. The Morgan fingerprint density at radius 2 is 1.96 bits per heavy atom. The van der Waals surface area contributed by atoms with Gasteiger partial charge in [-0.3, -0.25) is 14.6 Å². The van der Waals surface area contributed by atoms with Gasteiger partial charge < -0.3 is 19.4 Å². The summed E-state index contributed by atoms with van der Waals surface area (Å²) >= 11 is 0. The number of allylic oxidation sites excluding steroid dienone is 1. The summed E-state index contributed by atoms with van der Waals surface area (Å²) in [7, 11) is 1.58. The minimum atomic E-state index is -0.409. The average molecular weight is 633 g/mol. The maximum absolute atomic E-state index is 14.3. The van der Waals surface area contributed by atoms with Gasteiger partial charge in [-0.2, -0.15) is 0 Å². The molecule has 0 amide bonds. The SMILES string of the molecule is C/C=C1\CN2CCc3c([nH]c4ccccc34)C2CC1C(C(=O)OC)C1OC[C@H]2C3CC4N(CC[C@@]45c4ccccc4N1C25)C[C@H]3CC. The lowest BCUT2D eigenvalue weighted by molar-refractivity contribution is -0.165. The largest absolute Gasteiger partial charge is 0.469 e. The molecule has 7 heterocycles. The second-order valence-electron chi connectivity index (χ2n) is 15.7. The number of hydrogen-bond acceptors (Lipinski definition) is 6. The Hall–Kier alpha value is -3.13. The van der Waals surface area contributed by atoms with Crippen LogP contribution >= 0.6 is 0 Å². The van der Waals surface area contributed by atoms with Crippen molar-refractivity contribution in [1.29, 1.82) is 0 Å². The number of aromatic nitrogens is 1. The zero-order valence-corrected chi connectivity index (χ0v) is 28.0. The number of ether oxygens (including phenoxy) is 2. The molecule has 246 valence electrons. The molecule has 7 nitrogen and oxygen atoms in total. The molecule has 5 fully saturated rings. The first-order chi connectivity index (χ1) is 23.1. The Balaban J connectivity index is 1.09. The Labute approximate surface area is 278 Å². The number of carbonyl (C=O) groups is 1. The summed E-state index contributed by atoms with van der Waals surface area (Å²) in [5, 5.41) is 1.35. The maximum atomic E-state index is 14.3. The summed E-state index contributed by atoms with van der Waals surface area (Å²) in [4.78, 5) is 26.3. The minimum absolute atomic E-state index is 0.0304. The number of para-hydroxylation sites is 2. The molecule has 1 aliphatic carbocycles. The molecule has 1 spiro atoms. The van der Waals surface area contributed by atoms with E-state index in [1.165, 1.54) is 71.3 Å². The van der Waals surface area contributed by atoms with E-state index in [-0.39, 0.29) is 29.6 Å². The number of H-pyrrole nitrogens is 1. The first-order valence-corrected chi connectivity index (χ1v) is 18.4. The van der Waals surface area contributed by atoms with Crippen LogP contribution in [0.2, 0.25) is 0 Å². The van der Waals surface area contributed by atoms with E-state index in [4.69, 9.17) is 9.47 Å². The lowest BCUT2D eigenvalue weighted by Gasteiger charge is -2.61. The third-order valence-corrected chi connectivity index (χ3v) is 14.3. The summed E-state index contributed by atoms with van der Waals surface area (Å²) in [6.45, 7) is 9.62. The van der Waals surface area contributed by atoms with Crippen molar-refractivity contribution < 1.29 is 14.3 Å². The van der Waals surface area contributed by atoms with Crippen LogP contribution in [0.1, 0.15) is 62.4 Å². The molecule has 7 aliphatic rings. The van der Waals surface area contributed by atoms with Gasteiger partial charge in [-0.15, -0.1) is 0 Å². The third-order valence-electron chi connectivity index (χ3n) is 14.3. The Morgan fingerprint density at radius 1 is 1.11 bits per heavy atom. The van der Waals surface area contributed by atoms with Gasteiger partial charge in [-0.25, -0.2) is 0 Å². The zero-order valence-electron chi connectivity index (χ0n) is 28.0. The van der Waals surface area contributed by atoms with Crippen molar-refractivity contribution in [2.45, 2.75) is 75.7 Å². The van der Waals surface area contributed by atoms with Crippen LogP contribution in [-0.4, -0.2) is 79.0 Å². The van der Waals surface area contributed by atoms with E-state index in [1.54, 1.807) is 7.11 Å². The van der Waals surface area contributed by atoms with Gasteiger partial charge in [0.1, 0.15) is 12.1 Å². The van der Waals surface area contributed by atoms with Crippen LogP contribution < -0.4 is 4.90 Å². The summed E-state index contributed by atoms with van der Waals surface area (Å²) in [6, 6.07) is 19.1. The number of fused-ring (bicyclic) bond motifs is 9. The maximum Gasteiger partial charge on any atom is 0.313 e. The highest BCUT2D eigenvalue weighted by Gasteiger charge is 2.70. The molecule has 1 saturated carbocycles. The quantitative estimate of drug-likeness (QED) is 0.279. The molecule has 0 radical (unpaired) electrons. The molecular formula is C40H48N4O3. The molecule has 10 rings (SSSR count). The van der Waals surface area contributed by atoms with Crippen LogP contribution in [0.5, 0.6) is 0 Å². The molecule has 6 aliphatic heterocycles. The number of esters is 1. The molecule has 47 heavy (non-hydrogen) atoms. The topological polar surface area (TPSA) is 61.0 Å². The fourth-order valence-corrected chi connectivity index (χ4v) is 12.5. The van der Waals surface area contributed by atoms with Crippen molar-refractivity contribution >= 4 is 22.6 Å². The molecule has 4 saturated heterocycles. The second-order valence-corrected chi connectivity index (χ2v) is 15.7. The van der Waals surface area contributed by atoms with E-state index >= 15 is 0 Å².